The molecule has 0 N–H and O–H groups in total. The van der Waals surface area contributed by atoms with Gasteiger partial charge >= 0.3 is 0 Å². The highest BCUT2D eigenvalue weighted by molar-refractivity contribution is 9.10. The summed E-state index contributed by atoms with van der Waals surface area (Å²) < 4.78 is 2.43. The first-order chi connectivity index (χ1) is 6.24. The molecule has 0 fully saturated rings. The molecule has 4 heteroatoms. The SMILES string of the molecule is CSc1ccc2c(Br)csc2c1S. The quantitative estimate of drug-likeness (QED) is 0.588. The van der Waals surface area contributed by atoms with Gasteiger partial charge in [-0.3, -0.25) is 0 Å². The van der Waals surface area contributed by atoms with Gasteiger partial charge in [-0.15, -0.1) is 35.7 Å². The van der Waals surface area contributed by atoms with Crippen molar-refractivity contribution in [3.05, 3.63) is 22.0 Å². The zero-order valence-corrected chi connectivity index (χ0v) is 11.0. The molecule has 0 saturated heterocycles. The van der Waals surface area contributed by atoms with Crippen molar-refractivity contribution < 1.29 is 0 Å². The molecule has 0 unspecified atom stereocenters. The predicted octanol–water partition coefficient (Wildman–Crippen LogP) is 4.67. The lowest BCUT2D eigenvalue weighted by atomic mass is 10.3. The van der Waals surface area contributed by atoms with Gasteiger partial charge in [0.15, 0.2) is 0 Å². The van der Waals surface area contributed by atoms with Crippen molar-refractivity contribution in [1.29, 1.82) is 0 Å². The van der Waals surface area contributed by atoms with Crippen molar-refractivity contribution in [1.82, 2.24) is 0 Å². The summed E-state index contributed by atoms with van der Waals surface area (Å²) in [7, 11) is 0. The van der Waals surface area contributed by atoms with E-state index in [9.17, 15) is 0 Å². The Bertz CT molecular complexity index is 447. The van der Waals surface area contributed by atoms with Gasteiger partial charge in [0.05, 0.1) is 0 Å². The molecule has 2 rings (SSSR count). The second-order valence-electron chi connectivity index (χ2n) is 2.58. The number of thiol groups is 1. The molecule has 0 nitrogen and oxygen atoms in total. The van der Waals surface area contributed by atoms with Crippen LogP contribution in [-0.2, 0) is 0 Å². The number of hydrogen-bond acceptors (Lipinski definition) is 3. The number of thioether (sulfide) groups is 1. The van der Waals surface area contributed by atoms with Gasteiger partial charge in [-0.1, -0.05) is 6.07 Å². The number of benzene rings is 1. The maximum Gasteiger partial charge on any atom is 0.0499 e. The smallest absolute Gasteiger partial charge is 0.0499 e. The van der Waals surface area contributed by atoms with Gasteiger partial charge in [-0.05, 0) is 28.3 Å². The molecular weight excluding hydrogens is 284 g/mol. The van der Waals surface area contributed by atoms with E-state index in [-0.39, 0.29) is 0 Å². The Morgan fingerprint density at radius 2 is 2.23 bits per heavy atom. The third kappa shape index (κ3) is 1.65. The first-order valence-corrected chi connectivity index (χ1v) is 7.01. The summed E-state index contributed by atoms with van der Waals surface area (Å²) in [4.78, 5) is 2.34. The summed E-state index contributed by atoms with van der Waals surface area (Å²) in [5, 5.41) is 3.36. The van der Waals surface area contributed by atoms with Crippen LogP contribution in [0.1, 0.15) is 0 Å². The fourth-order valence-electron chi connectivity index (χ4n) is 1.20. The van der Waals surface area contributed by atoms with Crippen molar-refractivity contribution in [3.63, 3.8) is 0 Å². The van der Waals surface area contributed by atoms with E-state index in [2.05, 4.69) is 52.3 Å². The molecule has 0 atom stereocenters. The Morgan fingerprint density at radius 1 is 1.46 bits per heavy atom. The molecule has 1 heterocycles. The van der Waals surface area contributed by atoms with Gasteiger partial charge in [0.1, 0.15) is 0 Å². The molecule has 0 radical (unpaired) electrons. The lowest BCUT2D eigenvalue weighted by molar-refractivity contribution is 1.33. The van der Waals surface area contributed by atoms with Crippen LogP contribution in [-0.4, -0.2) is 6.26 Å². The van der Waals surface area contributed by atoms with Gasteiger partial charge in [-0.25, -0.2) is 0 Å². The van der Waals surface area contributed by atoms with E-state index < -0.39 is 0 Å². The second-order valence-corrected chi connectivity index (χ2v) is 5.61. The largest absolute Gasteiger partial charge is 0.141 e. The lowest BCUT2D eigenvalue weighted by Crippen LogP contribution is -1.74. The molecule has 0 bridgehead atoms. The van der Waals surface area contributed by atoms with Gasteiger partial charge in [0.25, 0.3) is 0 Å². The van der Waals surface area contributed by atoms with Crippen LogP contribution in [0.25, 0.3) is 10.1 Å². The van der Waals surface area contributed by atoms with Crippen LogP contribution < -0.4 is 0 Å². The molecule has 1 aromatic heterocycles. The van der Waals surface area contributed by atoms with Crippen LogP contribution >= 0.6 is 51.7 Å². The molecule has 0 aliphatic heterocycles. The van der Waals surface area contributed by atoms with E-state index in [1.54, 1.807) is 23.1 Å². The average molecular weight is 291 g/mol. The van der Waals surface area contributed by atoms with Gasteiger partial charge < -0.3 is 0 Å². The van der Waals surface area contributed by atoms with E-state index in [1.165, 1.54) is 15.0 Å². The van der Waals surface area contributed by atoms with Crippen LogP contribution in [0, 0.1) is 0 Å². The van der Waals surface area contributed by atoms with Gasteiger partial charge in [0, 0.05) is 29.7 Å². The minimum absolute atomic E-state index is 1.10. The van der Waals surface area contributed by atoms with Crippen LogP contribution in [0.15, 0.2) is 31.8 Å². The van der Waals surface area contributed by atoms with Crippen molar-refractivity contribution in [3.8, 4) is 0 Å². The van der Waals surface area contributed by atoms with Crippen molar-refractivity contribution in [2.24, 2.45) is 0 Å². The third-order valence-corrected chi connectivity index (χ3v) is 5.37. The number of rotatable bonds is 1. The first-order valence-electron chi connectivity index (χ1n) is 3.66. The molecule has 0 aliphatic carbocycles. The van der Waals surface area contributed by atoms with Crippen molar-refractivity contribution >= 4 is 61.7 Å². The molecule has 0 amide bonds. The standard InChI is InChI=1S/C9H7BrS3/c1-12-7-3-2-5-6(10)4-13-9(5)8(7)11/h2-4,11H,1H3. The van der Waals surface area contributed by atoms with Gasteiger partial charge in [-0.2, -0.15) is 0 Å². The van der Waals surface area contributed by atoms with Crippen LogP contribution in [0.5, 0.6) is 0 Å². The Kier molecular flexibility index (Phi) is 2.93. The monoisotopic (exact) mass is 290 g/mol. The number of fused-ring (bicyclic) bond motifs is 1. The second kappa shape index (κ2) is 3.85. The summed E-state index contributed by atoms with van der Waals surface area (Å²) in [6.07, 6.45) is 2.07. The van der Waals surface area contributed by atoms with Crippen LogP contribution in [0.2, 0.25) is 0 Å². The van der Waals surface area contributed by atoms with E-state index in [0.717, 1.165) is 9.37 Å². The molecule has 2 aromatic rings. The molecule has 68 valence electrons. The average Bonchev–Trinajstić information content (AvgIpc) is 2.50. The number of thiophene rings is 1. The maximum atomic E-state index is 4.53. The Balaban J connectivity index is 2.80. The van der Waals surface area contributed by atoms with E-state index in [0.29, 0.717) is 0 Å². The topological polar surface area (TPSA) is 0 Å². The molecule has 0 saturated carbocycles. The van der Waals surface area contributed by atoms with E-state index >= 15 is 0 Å². The summed E-state index contributed by atoms with van der Waals surface area (Å²) >= 11 is 11.5. The van der Waals surface area contributed by atoms with Crippen molar-refractivity contribution in [2.75, 3.05) is 6.26 Å². The predicted molar refractivity (Wildman–Crippen MR) is 68.6 cm³/mol. The van der Waals surface area contributed by atoms with Crippen LogP contribution in [0.3, 0.4) is 0 Å². The number of halogens is 1. The summed E-state index contributed by atoms with van der Waals surface area (Å²) in [6, 6.07) is 4.26. The molecule has 13 heavy (non-hydrogen) atoms. The molecule has 0 aliphatic rings. The molecular formula is C9H7BrS3. The fraction of sp³-hybridized carbons (Fsp3) is 0.111. The summed E-state index contributed by atoms with van der Waals surface area (Å²) in [6.45, 7) is 0. The highest BCUT2D eigenvalue weighted by Gasteiger charge is 2.07. The van der Waals surface area contributed by atoms with E-state index in [4.69, 9.17) is 0 Å². The zero-order chi connectivity index (χ0) is 9.42. The fourth-order valence-corrected chi connectivity index (χ4v) is 4.01. The first kappa shape index (κ1) is 9.90. The van der Waals surface area contributed by atoms with Crippen molar-refractivity contribution in [2.45, 2.75) is 9.79 Å². The van der Waals surface area contributed by atoms with E-state index in [1.807, 2.05) is 0 Å². The molecule has 1 aromatic carbocycles. The Morgan fingerprint density at radius 3 is 2.92 bits per heavy atom. The van der Waals surface area contributed by atoms with Crippen LogP contribution in [0.4, 0.5) is 0 Å². The maximum absolute atomic E-state index is 4.53. The highest BCUT2D eigenvalue weighted by atomic mass is 79.9. The highest BCUT2D eigenvalue weighted by Crippen LogP contribution is 2.38. The summed E-state index contributed by atoms with van der Waals surface area (Å²) in [5.74, 6) is 0. The lowest BCUT2D eigenvalue weighted by Gasteiger charge is -2.01. The zero-order valence-electron chi connectivity index (χ0n) is 6.87. The van der Waals surface area contributed by atoms with Gasteiger partial charge in [0.2, 0.25) is 0 Å². The Labute approximate surface area is 99.3 Å². The Hall–Kier alpha value is 0.360. The normalized spacial score (nSPS) is 11.0. The minimum atomic E-state index is 1.10. The molecule has 0 spiro atoms. The number of hydrogen-bond donors (Lipinski definition) is 1. The summed E-state index contributed by atoms with van der Waals surface area (Å²) in [5.41, 5.74) is 0. The third-order valence-electron chi connectivity index (χ3n) is 1.85. The minimum Gasteiger partial charge on any atom is -0.141 e.